The molecule has 0 aliphatic rings. The highest BCUT2D eigenvalue weighted by molar-refractivity contribution is 5.33. The van der Waals surface area contributed by atoms with Crippen LogP contribution in [0.3, 0.4) is 0 Å². The Hall–Kier alpha value is -1.94. The van der Waals surface area contributed by atoms with Crippen molar-refractivity contribution in [3.05, 3.63) is 53.6 Å². The Morgan fingerprint density at radius 1 is 1.24 bits per heavy atom. The first-order chi connectivity index (χ1) is 8.20. The van der Waals surface area contributed by atoms with E-state index in [1.54, 1.807) is 19.5 Å². The molecule has 0 saturated heterocycles. The van der Waals surface area contributed by atoms with Gasteiger partial charge in [-0.1, -0.05) is 12.1 Å². The van der Waals surface area contributed by atoms with E-state index in [0.29, 0.717) is 5.82 Å². The summed E-state index contributed by atoms with van der Waals surface area (Å²) in [4.78, 5) is 8.47. The summed E-state index contributed by atoms with van der Waals surface area (Å²) in [7, 11) is 1.63. The van der Waals surface area contributed by atoms with Crippen LogP contribution in [0.5, 0.6) is 5.75 Å². The normalized spacial score (nSPS) is 12.2. The number of aryl methyl sites for hydroxylation is 1. The summed E-state index contributed by atoms with van der Waals surface area (Å²) in [6.45, 7) is 1.95. The molecular weight excluding hydrogens is 214 g/mol. The highest BCUT2D eigenvalue weighted by atomic mass is 16.5. The molecule has 2 N–H and O–H groups in total. The molecule has 17 heavy (non-hydrogen) atoms. The third kappa shape index (κ3) is 2.60. The molecule has 0 amide bonds. The Labute approximate surface area is 100 Å². The summed E-state index contributed by atoms with van der Waals surface area (Å²) in [6, 6.07) is 7.30. The first-order valence-electron chi connectivity index (χ1n) is 5.39. The summed E-state index contributed by atoms with van der Waals surface area (Å²) in [5, 5.41) is 0. The molecule has 1 atom stereocenters. The number of methoxy groups -OCH3 is 1. The minimum Gasteiger partial charge on any atom is -0.497 e. The maximum Gasteiger partial charge on any atom is 0.149 e. The molecule has 2 aromatic rings. The average molecular weight is 229 g/mol. The zero-order valence-corrected chi connectivity index (χ0v) is 9.92. The Bertz CT molecular complexity index is 496. The van der Waals surface area contributed by atoms with Crippen LogP contribution in [-0.4, -0.2) is 17.1 Å². The van der Waals surface area contributed by atoms with Crippen LogP contribution >= 0.6 is 0 Å². The lowest BCUT2D eigenvalue weighted by Crippen LogP contribution is -2.15. The van der Waals surface area contributed by atoms with E-state index in [2.05, 4.69) is 9.97 Å². The van der Waals surface area contributed by atoms with Crippen molar-refractivity contribution in [2.75, 3.05) is 7.11 Å². The van der Waals surface area contributed by atoms with Crippen molar-refractivity contribution in [2.45, 2.75) is 13.0 Å². The quantitative estimate of drug-likeness (QED) is 0.872. The summed E-state index contributed by atoms with van der Waals surface area (Å²) in [6.07, 6.45) is 3.53. The van der Waals surface area contributed by atoms with E-state index in [-0.39, 0.29) is 6.04 Å². The van der Waals surface area contributed by atoms with Gasteiger partial charge >= 0.3 is 0 Å². The van der Waals surface area contributed by atoms with Crippen LogP contribution in [0.15, 0.2) is 36.7 Å². The van der Waals surface area contributed by atoms with Gasteiger partial charge in [-0.15, -0.1) is 0 Å². The molecule has 4 heteroatoms. The molecule has 0 fully saturated rings. The number of nitrogens with zero attached hydrogens (tertiary/aromatic N) is 2. The van der Waals surface area contributed by atoms with Crippen molar-refractivity contribution in [2.24, 2.45) is 5.73 Å². The number of rotatable bonds is 3. The smallest absolute Gasteiger partial charge is 0.149 e. The zero-order valence-electron chi connectivity index (χ0n) is 9.92. The lowest BCUT2D eigenvalue weighted by atomic mass is 10.1. The van der Waals surface area contributed by atoms with Crippen LogP contribution in [0.4, 0.5) is 0 Å². The molecule has 0 saturated carbocycles. The first kappa shape index (κ1) is 11.5. The first-order valence-corrected chi connectivity index (χ1v) is 5.39. The van der Waals surface area contributed by atoms with E-state index in [1.165, 1.54) is 0 Å². The minimum absolute atomic E-state index is 0.328. The van der Waals surface area contributed by atoms with E-state index in [4.69, 9.17) is 10.5 Å². The summed E-state index contributed by atoms with van der Waals surface area (Å²) >= 11 is 0. The van der Waals surface area contributed by atoms with E-state index < -0.39 is 0 Å². The van der Waals surface area contributed by atoms with Crippen molar-refractivity contribution in [1.82, 2.24) is 9.97 Å². The molecule has 0 aliphatic heterocycles. The molecule has 4 nitrogen and oxygen atoms in total. The second kappa shape index (κ2) is 4.93. The van der Waals surface area contributed by atoms with Gasteiger partial charge in [-0.3, -0.25) is 0 Å². The van der Waals surface area contributed by atoms with Crippen molar-refractivity contribution in [1.29, 1.82) is 0 Å². The number of benzene rings is 1. The Balaban J connectivity index is 2.29. The molecule has 0 bridgehead atoms. The number of hydrogen-bond donors (Lipinski definition) is 1. The molecule has 1 unspecified atom stereocenters. The Kier molecular flexibility index (Phi) is 3.35. The maximum absolute atomic E-state index is 6.11. The van der Waals surface area contributed by atoms with Gasteiger partial charge in [-0.05, 0) is 30.2 Å². The van der Waals surface area contributed by atoms with Gasteiger partial charge in [0.05, 0.1) is 13.2 Å². The summed E-state index contributed by atoms with van der Waals surface area (Å²) in [5.74, 6) is 1.40. The van der Waals surface area contributed by atoms with Gasteiger partial charge in [0.2, 0.25) is 0 Å². The van der Waals surface area contributed by atoms with Gasteiger partial charge in [0.25, 0.3) is 0 Å². The van der Waals surface area contributed by atoms with Crippen LogP contribution in [0.2, 0.25) is 0 Å². The number of nitrogens with two attached hydrogens (primary N) is 1. The fourth-order valence-electron chi connectivity index (χ4n) is 1.55. The van der Waals surface area contributed by atoms with Gasteiger partial charge in [0.1, 0.15) is 11.6 Å². The molecule has 0 radical (unpaired) electrons. The number of ether oxygens (including phenoxy) is 1. The third-order valence-corrected chi connectivity index (χ3v) is 2.53. The number of aromatic nitrogens is 2. The largest absolute Gasteiger partial charge is 0.497 e. The zero-order chi connectivity index (χ0) is 12.3. The predicted molar refractivity (Wildman–Crippen MR) is 65.8 cm³/mol. The summed E-state index contributed by atoms with van der Waals surface area (Å²) in [5.41, 5.74) is 8.07. The topological polar surface area (TPSA) is 61.0 Å². The van der Waals surface area contributed by atoms with Gasteiger partial charge in [-0.2, -0.15) is 0 Å². The average Bonchev–Trinajstić information content (AvgIpc) is 2.39. The Morgan fingerprint density at radius 3 is 2.59 bits per heavy atom. The fourth-order valence-corrected chi connectivity index (χ4v) is 1.55. The van der Waals surface area contributed by atoms with E-state index >= 15 is 0 Å². The van der Waals surface area contributed by atoms with E-state index in [1.807, 2.05) is 31.2 Å². The lowest BCUT2D eigenvalue weighted by Gasteiger charge is -2.11. The standard InChI is InChI=1S/C13H15N3O/c1-9-7-15-13(16-8-9)12(14)10-4-3-5-11(6-10)17-2/h3-8,12H,14H2,1-2H3. The van der Waals surface area contributed by atoms with E-state index in [0.717, 1.165) is 16.9 Å². The summed E-state index contributed by atoms with van der Waals surface area (Å²) < 4.78 is 5.16. The molecule has 0 spiro atoms. The lowest BCUT2D eigenvalue weighted by molar-refractivity contribution is 0.414. The Morgan fingerprint density at radius 2 is 1.94 bits per heavy atom. The molecule has 1 heterocycles. The van der Waals surface area contributed by atoms with Gasteiger partial charge in [0, 0.05) is 12.4 Å². The molecule has 0 aliphatic carbocycles. The highest BCUT2D eigenvalue weighted by Gasteiger charge is 2.12. The molecule has 88 valence electrons. The minimum atomic E-state index is -0.328. The van der Waals surface area contributed by atoms with Gasteiger partial charge < -0.3 is 10.5 Å². The van der Waals surface area contributed by atoms with Crippen LogP contribution < -0.4 is 10.5 Å². The predicted octanol–water partition coefficient (Wildman–Crippen LogP) is 1.84. The second-order valence-corrected chi connectivity index (χ2v) is 3.87. The van der Waals surface area contributed by atoms with Crippen LogP contribution in [0, 0.1) is 6.92 Å². The molecule has 2 rings (SSSR count). The highest BCUT2D eigenvalue weighted by Crippen LogP contribution is 2.20. The van der Waals surface area contributed by atoms with Crippen LogP contribution in [0.25, 0.3) is 0 Å². The van der Waals surface area contributed by atoms with Crippen molar-refractivity contribution in [3.63, 3.8) is 0 Å². The SMILES string of the molecule is COc1cccc(C(N)c2ncc(C)cn2)c1. The number of hydrogen-bond acceptors (Lipinski definition) is 4. The monoisotopic (exact) mass is 229 g/mol. The third-order valence-electron chi connectivity index (χ3n) is 2.53. The van der Waals surface area contributed by atoms with Crippen molar-refractivity contribution in [3.8, 4) is 5.75 Å². The molecular formula is C13H15N3O. The fraction of sp³-hybridized carbons (Fsp3) is 0.231. The van der Waals surface area contributed by atoms with Crippen LogP contribution in [0.1, 0.15) is 23.0 Å². The van der Waals surface area contributed by atoms with Crippen LogP contribution in [-0.2, 0) is 0 Å². The van der Waals surface area contributed by atoms with E-state index in [9.17, 15) is 0 Å². The van der Waals surface area contributed by atoms with Gasteiger partial charge in [0.15, 0.2) is 0 Å². The maximum atomic E-state index is 6.11. The van der Waals surface area contributed by atoms with Crippen molar-refractivity contribution < 1.29 is 4.74 Å². The molecule has 1 aromatic heterocycles. The second-order valence-electron chi connectivity index (χ2n) is 3.87. The van der Waals surface area contributed by atoms with Crippen molar-refractivity contribution >= 4 is 0 Å². The van der Waals surface area contributed by atoms with Gasteiger partial charge in [-0.25, -0.2) is 9.97 Å². The molecule has 1 aromatic carbocycles.